The molecule has 2 aromatic rings. The third-order valence-electron chi connectivity index (χ3n) is 2.28. The molecule has 0 heterocycles. The van der Waals surface area contributed by atoms with E-state index in [9.17, 15) is 0 Å². The molecule has 0 aliphatic rings. The average molecular weight is 336 g/mol. The van der Waals surface area contributed by atoms with Gasteiger partial charge in [-0.1, -0.05) is 0 Å². The molecule has 2 radical (unpaired) electrons. The van der Waals surface area contributed by atoms with E-state index in [1.807, 2.05) is 36.4 Å². The Morgan fingerprint density at radius 1 is 0.562 bits per heavy atom. The van der Waals surface area contributed by atoms with E-state index in [1.165, 1.54) is 11.1 Å². The van der Waals surface area contributed by atoms with Crippen molar-refractivity contribution in [3.63, 3.8) is 0 Å². The molecule has 0 aliphatic carbocycles. The second-order valence-corrected chi connectivity index (χ2v) is 5.10. The van der Waals surface area contributed by atoms with Gasteiger partial charge in [-0.2, -0.15) is 0 Å². The van der Waals surface area contributed by atoms with Crippen LogP contribution in [0.25, 0.3) is 8.94 Å². The molecule has 0 saturated heterocycles. The average Bonchev–Trinajstić information content (AvgIpc) is 2.39. The van der Waals surface area contributed by atoms with Crippen molar-refractivity contribution in [1.29, 1.82) is 0 Å². The SMILES string of the molecule is [Se]/C(=C(\[Se])c1ccccc1)c1ccccc1. The molecule has 0 fully saturated rings. The molecule has 0 bridgehead atoms. The third-order valence-corrected chi connectivity index (χ3v) is 4.78. The Balaban J connectivity index is 2.43. The molecular weight excluding hydrogens is 326 g/mol. The van der Waals surface area contributed by atoms with Crippen molar-refractivity contribution in [1.82, 2.24) is 0 Å². The molecule has 2 rings (SSSR count). The van der Waals surface area contributed by atoms with Gasteiger partial charge in [0, 0.05) is 0 Å². The molecule has 0 spiro atoms. The number of hydrogen-bond donors (Lipinski definition) is 0. The molecule has 16 heavy (non-hydrogen) atoms. The van der Waals surface area contributed by atoms with E-state index in [1.54, 1.807) is 0 Å². The molecule has 0 unspecified atom stereocenters. The van der Waals surface area contributed by atoms with Crippen LogP contribution >= 0.6 is 0 Å². The van der Waals surface area contributed by atoms with Crippen molar-refractivity contribution in [3.05, 3.63) is 71.8 Å². The molecule has 0 amide bonds. The zero-order chi connectivity index (χ0) is 11.4. The van der Waals surface area contributed by atoms with Gasteiger partial charge in [-0.15, -0.1) is 0 Å². The second kappa shape index (κ2) is 5.52. The molecule has 0 nitrogen and oxygen atoms in total. The third kappa shape index (κ3) is 2.66. The first-order valence-corrected chi connectivity index (χ1v) is 6.69. The van der Waals surface area contributed by atoms with Crippen LogP contribution in [0.2, 0.25) is 0 Å². The second-order valence-electron chi connectivity index (χ2n) is 3.39. The zero-order valence-corrected chi connectivity index (χ0v) is 12.0. The maximum atomic E-state index is 3.14. The first kappa shape index (κ1) is 11.7. The van der Waals surface area contributed by atoms with Crippen LogP contribution in [0.3, 0.4) is 0 Å². The topological polar surface area (TPSA) is 0 Å². The van der Waals surface area contributed by atoms with Gasteiger partial charge in [-0.05, 0) is 0 Å². The minimum atomic E-state index is 1.16. The van der Waals surface area contributed by atoms with E-state index >= 15 is 0 Å². The summed E-state index contributed by atoms with van der Waals surface area (Å²) in [5.74, 6) is 0. The summed E-state index contributed by atoms with van der Waals surface area (Å²) < 4.78 is 2.32. The van der Waals surface area contributed by atoms with Crippen molar-refractivity contribution >= 4 is 41.0 Å². The van der Waals surface area contributed by atoms with Gasteiger partial charge in [0.1, 0.15) is 0 Å². The predicted octanol–water partition coefficient (Wildman–Crippen LogP) is 2.85. The molecule has 78 valence electrons. The molecule has 0 aromatic heterocycles. The van der Waals surface area contributed by atoms with E-state index < -0.39 is 0 Å². The van der Waals surface area contributed by atoms with Crippen LogP contribution in [0.15, 0.2) is 60.7 Å². The maximum absolute atomic E-state index is 3.14. The van der Waals surface area contributed by atoms with Crippen LogP contribution in [-0.4, -0.2) is 32.0 Å². The molecule has 0 atom stereocenters. The van der Waals surface area contributed by atoms with Crippen LogP contribution in [0, 0.1) is 0 Å². The van der Waals surface area contributed by atoms with E-state index in [-0.39, 0.29) is 0 Å². The summed E-state index contributed by atoms with van der Waals surface area (Å²) in [5, 5.41) is 0. The fourth-order valence-corrected chi connectivity index (χ4v) is 2.51. The number of benzene rings is 2. The van der Waals surface area contributed by atoms with Gasteiger partial charge in [-0.3, -0.25) is 0 Å². The molecule has 0 aliphatic heterocycles. The Kier molecular flexibility index (Phi) is 4.03. The predicted molar refractivity (Wildman–Crippen MR) is 71.2 cm³/mol. The van der Waals surface area contributed by atoms with Gasteiger partial charge in [0.15, 0.2) is 0 Å². The normalized spacial score (nSPS) is 12.0. The molecule has 0 N–H and O–H groups in total. The summed E-state index contributed by atoms with van der Waals surface area (Å²) >= 11 is 6.28. The molecule has 2 heteroatoms. The monoisotopic (exact) mass is 338 g/mol. The Bertz CT molecular complexity index is 439. The van der Waals surface area contributed by atoms with Crippen LogP contribution in [-0.2, 0) is 0 Å². The number of rotatable bonds is 2. The van der Waals surface area contributed by atoms with Crippen LogP contribution in [0.4, 0.5) is 0 Å². The minimum absolute atomic E-state index is 1.16. The Morgan fingerprint density at radius 2 is 0.875 bits per heavy atom. The number of hydrogen-bond acceptors (Lipinski definition) is 0. The summed E-state index contributed by atoms with van der Waals surface area (Å²) in [4.78, 5) is 0. The molecule has 0 saturated carbocycles. The zero-order valence-electron chi connectivity index (χ0n) is 8.59. The van der Waals surface area contributed by atoms with Gasteiger partial charge < -0.3 is 0 Å². The van der Waals surface area contributed by atoms with E-state index in [0.717, 1.165) is 8.94 Å². The van der Waals surface area contributed by atoms with Gasteiger partial charge in [0.05, 0.1) is 0 Å². The van der Waals surface area contributed by atoms with E-state index in [2.05, 4.69) is 56.3 Å². The Labute approximate surface area is 112 Å². The summed E-state index contributed by atoms with van der Waals surface area (Å²) in [6.07, 6.45) is 0. The van der Waals surface area contributed by atoms with Gasteiger partial charge >= 0.3 is 113 Å². The quantitative estimate of drug-likeness (QED) is 0.584. The van der Waals surface area contributed by atoms with Crippen molar-refractivity contribution < 1.29 is 0 Å². The fraction of sp³-hybridized carbons (Fsp3) is 0. The summed E-state index contributed by atoms with van der Waals surface area (Å²) in [5.41, 5.74) is 2.42. The van der Waals surface area contributed by atoms with Crippen molar-refractivity contribution in [2.24, 2.45) is 0 Å². The first-order chi connectivity index (χ1) is 7.79. The fourth-order valence-electron chi connectivity index (χ4n) is 1.44. The van der Waals surface area contributed by atoms with Gasteiger partial charge in [-0.25, -0.2) is 0 Å². The summed E-state index contributed by atoms with van der Waals surface area (Å²) in [6.45, 7) is 0. The van der Waals surface area contributed by atoms with Crippen molar-refractivity contribution in [2.45, 2.75) is 0 Å². The van der Waals surface area contributed by atoms with Gasteiger partial charge in [0.2, 0.25) is 0 Å². The van der Waals surface area contributed by atoms with E-state index in [4.69, 9.17) is 0 Å². The summed E-state index contributed by atoms with van der Waals surface area (Å²) in [7, 11) is 0. The van der Waals surface area contributed by atoms with Gasteiger partial charge in [0.25, 0.3) is 0 Å². The van der Waals surface area contributed by atoms with Crippen molar-refractivity contribution in [3.8, 4) is 0 Å². The standard InChI is InChI=1S/C14H10Se2/c15-13(11-7-3-1-4-8-11)14(16)12-9-5-2-6-10-12/h1-10H/b14-13-. The molecular formula is C14H10Se2. The van der Waals surface area contributed by atoms with Crippen LogP contribution < -0.4 is 0 Å². The van der Waals surface area contributed by atoms with Crippen LogP contribution in [0.5, 0.6) is 0 Å². The Morgan fingerprint density at radius 3 is 1.19 bits per heavy atom. The Hall–Kier alpha value is -0.781. The summed E-state index contributed by atoms with van der Waals surface area (Å²) in [6, 6.07) is 20.7. The van der Waals surface area contributed by atoms with Crippen molar-refractivity contribution in [2.75, 3.05) is 0 Å². The van der Waals surface area contributed by atoms with E-state index in [0.29, 0.717) is 0 Å². The van der Waals surface area contributed by atoms with Crippen LogP contribution in [0.1, 0.15) is 11.1 Å². The molecule has 2 aromatic carbocycles. The first-order valence-electron chi connectivity index (χ1n) is 4.98.